The quantitative estimate of drug-likeness (QED) is 0.892. The lowest BCUT2D eigenvalue weighted by atomic mass is 10.3. The van der Waals surface area contributed by atoms with Crippen LogP contribution in [0.2, 0.25) is 0 Å². The summed E-state index contributed by atoms with van der Waals surface area (Å²) in [7, 11) is -1.51. The molecule has 0 saturated carbocycles. The fourth-order valence-electron chi connectivity index (χ4n) is 1.15. The van der Waals surface area contributed by atoms with Crippen molar-refractivity contribution >= 4 is 21.6 Å². The number of carbonyl (C=O) groups is 1. The Hall–Kier alpha value is -1.56. The van der Waals surface area contributed by atoms with Gasteiger partial charge in [-0.1, -0.05) is 0 Å². The van der Waals surface area contributed by atoms with Crippen molar-refractivity contribution in [2.45, 2.75) is 11.8 Å². The first kappa shape index (κ1) is 13.5. The van der Waals surface area contributed by atoms with E-state index >= 15 is 0 Å². The van der Waals surface area contributed by atoms with Gasteiger partial charge in [-0.3, -0.25) is 0 Å². The van der Waals surface area contributed by atoms with Crippen molar-refractivity contribution < 1.29 is 13.2 Å². The summed E-state index contributed by atoms with van der Waals surface area (Å²) in [6.07, 6.45) is 1.14. The van der Waals surface area contributed by atoms with Gasteiger partial charge in [0.1, 0.15) is 0 Å². The van der Waals surface area contributed by atoms with Crippen LogP contribution in [0.25, 0.3) is 0 Å². The van der Waals surface area contributed by atoms with Gasteiger partial charge in [0, 0.05) is 25.5 Å². The number of amides is 2. The second-order valence-corrected chi connectivity index (χ2v) is 5.76. The number of benzene rings is 1. The van der Waals surface area contributed by atoms with Crippen LogP contribution in [0.3, 0.4) is 0 Å². The molecule has 5 nitrogen and oxygen atoms in total. The van der Waals surface area contributed by atoms with Gasteiger partial charge < -0.3 is 10.2 Å². The normalized spacial score (nSPS) is 11.0. The molecule has 0 bridgehead atoms. The molecule has 0 aliphatic carbocycles. The highest BCUT2D eigenvalue weighted by Crippen LogP contribution is 2.14. The van der Waals surface area contributed by atoms with Crippen molar-refractivity contribution in [2.24, 2.45) is 0 Å². The molecule has 1 rings (SSSR count). The first-order valence-corrected chi connectivity index (χ1v) is 7.06. The van der Waals surface area contributed by atoms with E-state index in [1.165, 1.54) is 17.0 Å². The van der Waals surface area contributed by atoms with Crippen molar-refractivity contribution in [1.29, 1.82) is 0 Å². The van der Waals surface area contributed by atoms with Crippen LogP contribution >= 0.6 is 0 Å². The molecule has 1 N–H and O–H groups in total. The standard InChI is InChI=1S/C11H16N2O3S/c1-4-13(2)11(14)12-9-5-7-10(8-6-9)17(3,15)16/h5-8H,4H2,1-3H3,(H,12,14). The fourth-order valence-corrected chi connectivity index (χ4v) is 1.78. The minimum atomic E-state index is -3.19. The Labute approximate surface area is 101 Å². The molecule has 2 amide bonds. The average molecular weight is 256 g/mol. The number of nitrogens with zero attached hydrogens (tertiary/aromatic N) is 1. The molecule has 0 aromatic heterocycles. The SMILES string of the molecule is CCN(C)C(=O)Nc1ccc(S(C)(=O)=O)cc1. The molecule has 0 atom stereocenters. The monoisotopic (exact) mass is 256 g/mol. The van der Waals surface area contributed by atoms with Gasteiger partial charge in [0.2, 0.25) is 0 Å². The lowest BCUT2D eigenvalue weighted by Crippen LogP contribution is -2.30. The number of rotatable bonds is 3. The van der Waals surface area contributed by atoms with Crippen molar-refractivity contribution in [3.8, 4) is 0 Å². The van der Waals surface area contributed by atoms with Crippen LogP contribution in [0.4, 0.5) is 10.5 Å². The van der Waals surface area contributed by atoms with Gasteiger partial charge in [0.15, 0.2) is 9.84 Å². The first-order chi connectivity index (χ1) is 7.84. The van der Waals surface area contributed by atoms with E-state index in [-0.39, 0.29) is 10.9 Å². The van der Waals surface area contributed by atoms with Gasteiger partial charge in [0.25, 0.3) is 0 Å². The molecule has 0 radical (unpaired) electrons. The number of hydrogen-bond donors (Lipinski definition) is 1. The van der Waals surface area contributed by atoms with E-state index in [0.29, 0.717) is 12.2 Å². The van der Waals surface area contributed by atoms with Crippen LogP contribution in [0.1, 0.15) is 6.92 Å². The van der Waals surface area contributed by atoms with Crippen LogP contribution in [0, 0.1) is 0 Å². The summed E-state index contributed by atoms with van der Waals surface area (Å²) in [5.74, 6) is 0. The second-order valence-electron chi connectivity index (χ2n) is 3.74. The summed E-state index contributed by atoms with van der Waals surface area (Å²) in [6.45, 7) is 2.47. The smallest absolute Gasteiger partial charge is 0.321 e. The zero-order chi connectivity index (χ0) is 13.1. The summed E-state index contributed by atoms with van der Waals surface area (Å²) in [5, 5.41) is 2.66. The van der Waals surface area contributed by atoms with Gasteiger partial charge in [-0.05, 0) is 31.2 Å². The maximum Gasteiger partial charge on any atom is 0.321 e. The molecule has 0 fully saturated rings. The predicted octanol–water partition coefficient (Wildman–Crippen LogP) is 1.57. The highest BCUT2D eigenvalue weighted by atomic mass is 32.2. The number of anilines is 1. The van der Waals surface area contributed by atoms with Crippen LogP contribution in [0.5, 0.6) is 0 Å². The van der Waals surface area contributed by atoms with E-state index in [1.54, 1.807) is 19.2 Å². The number of urea groups is 1. The van der Waals surface area contributed by atoms with Gasteiger partial charge in [-0.2, -0.15) is 0 Å². The van der Waals surface area contributed by atoms with E-state index in [9.17, 15) is 13.2 Å². The van der Waals surface area contributed by atoms with Crippen LogP contribution in [0.15, 0.2) is 29.2 Å². The van der Waals surface area contributed by atoms with Gasteiger partial charge >= 0.3 is 6.03 Å². The van der Waals surface area contributed by atoms with Gasteiger partial charge in [-0.15, -0.1) is 0 Å². The number of nitrogens with one attached hydrogen (secondary N) is 1. The number of hydrogen-bond acceptors (Lipinski definition) is 3. The maximum absolute atomic E-state index is 11.5. The predicted molar refractivity (Wildman–Crippen MR) is 66.9 cm³/mol. The highest BCUT2D eigenvalue weighted by Gasteiger charge is 2.08. The Morgan fingerprint density at radius 3 is 2.24 bits per heavy atom. The first-order valence-electron chi connectivity index (χ1n) is 5.17. The Morgan fingerprint density at radius 2 is 1.82 bits per heavy atom. The van der Waals surface area contributed by atoms with Gasteiger partial charge in [-0.25, -0.2) is 13.2 Å². The molecular weight excluding hydrogens is 240 g/mol. The maximum atomic E-state index is 11.5. The summed E-state index contributed by atoms with van der Waals surface area (Å²) in [5.41, 5.74) is 0.572. The largest absolute Gasteiger partial charge is 0.328 e. The van der Waals surface area contributed by atoms with Crippen molar-refractivity contribution in [3.05, 3.63) is 24.3 Å². The third-order valence-electron chi connectivity index (χ3n) is 2.35. The third kappa shape index (κ3) is 3.74. The minimum absolute atomic E-state index is 0.223. The Kier molecular flexibility index (Phi) is 4.11. The molecule has 0 aliphatic heterocycles. The second kappa shape index (κ2) is 5.18. The zero-order valence-corrected chi connectivity index (χ0v) is 10.9. The van der Waals surface area contributed by atoms with Crippen molar-refractivity contribution in [3.63, 3.8) is 0 Å². The zero-order valence-electron chi connectivity index (χ0n) is 10.1. The molecular formula is C11H16N2O3S. The van der Waals surface area contributed by atoms with Crippen LogP contribution in [-0.4, -0.2) is 39.2 Å². The Balaban J connectivity index is 2.79. The molecule has 0 aliphatic rings. The van der Waals surface area contributed by atoms with E-state index in [4.69, 9.17) is 0 Å². The van der Waals surface area contributed by atoms with Crippen LogP contribution < -0.4 is 5.32 Å². The lowest BCUT2D eigenvalue weighted by Gasteiger charge is -2.15. The van der Waals surface area contributed by atoms with Gasteiger partial charge in [0.05, 0.1) is 4.90 Å². The summed E-state index contributed by atoms with van der Waals surface area (Å²) in [6, 6.07) is 5.85. The number of carbonyl (C=O) groups excluding carboxylic acids is 1. The summed E-state index contributed by atoms with van der Waals surface area (Å²) < 4.78 is 22.5. The molecule has 0 heterocycles. The molecule has 17 heavy (non-hydrogen) atoms. The Morgan fingerprint density at radius 1 is 1.29 bits per heavy atom. The topological polar surface area (TPSA) is 66.5 Å². The van der Waals surface area contributed by atoms with E-state index in [1.807, 2.05) is 6.92 Å². The van der Waals surface area contributed by atoms with Crippen LogP contribution in [-0.2, 0) is 9.84 Å². The van der Waals surface area contributed by atoms with Crippen molar-refractivity contribution in [2.75, 3.05) is 25.2 Å². The third-order valence-corrected chi connectivity index (χ3v) is 3.48. The average Bonchev–Trinajstić information content (AvgIpc) is 2.27. The van der Waals surface area contributed by atoms with E-state index < -0.39 is 9.84 Å². The summed E-state index contributed by atoms with van der Waals surface area (Å²) in [4.78, 5) is 13.3. The molecule has 1 aromatic rings. The summed E-state index contributed by atoms with van der Waals surface area (Å²) >= 11 is 0. The molecule has 6 heteroatoms. The van der Waals surface area contributed by atoms with E-state index in [2.05, 4.69) is 5.32 Å². The molecule has 0 spiro atoms. The molecule has 0 saturated heterocycles. The molecule has 0 unspecified atom stereocenters. The minimum Gasteiger partial charge on any atom is -0.328 e. The highest BCUT2D eigenvalue weighted by molar-refractivity contribution is 7.90. The number of sulfone groups is 1. The molecule has 94 valence electrons. The van der Waals surface area contributed by atoms with Crippen molar-refractivity contribution in [1.82, 2.24) is 4.90 Å². The Bertz CT molecular complexity index is 494. The van der Waals surface area contributed by atoms with E-state index in [0.717, 1.165) is 6.26 Å². The fraction of sp³-hybridized carbons (Fsp3) is 0.364. The lowest BCUT2D eigenvalue weighted by molar-refractivity contribution is 0.224. The molecule has 1 aromatic carbocycles.